The summed E-state index contributed by atoms with van der Waals surface area (Å²) in [6, 6.07) is 9.78. The van der Waals surface area contributed by atoms with Gasteiger partial charge in [0, 0.05) is 37.0 Å². The minimum absolute atomic E-state index is 0.0526. The molecule has 0 unspecified atom stereocenters. The summed E-state index contributed by atoms with van der Waals surface area (Å²) in [7, 11) is 0. The summed E-state index contributed by atoms with van der Waals surface area (Å²) in [5.41, 5.74) is 0.993. The molecule has 0 radical (unpaired) electrons. The predicted molar refractivity (Wildman–Crippen MR) is 98.7 cm³/mol. The van der Waals surface area contributed by atoms with Gasteiger partial charge in [-0.25, -0.2) is 4.39 Å². The number of hydrogen-bond donors (Lipinski definition) is 1. The first-order chi connectivity index (χ1) is 13.1. The average molecular weight is 370 g/mol. The minimum Gasteiger partial charge on any atom is -0.390 e. The molecule has 1 aromatic heterocycles. The van der Waals surface area contributed by atoms with E-state index in [4.69, 9.17) is 4.74 Å². The fraction of sp³-hybridized carbons (Fsp3) is 0.429. The van der Waals surface area contributed by atoms with E-state index in [0.29, 0.717) is 43.7 Å². The maximum absolute atomic E-state index is 13.9. The lowest BCUT2D eigenvalue weighted by Crippen LogP contribution is -2.56. The van der Waals surface area contributed by atoms with Crippen LogP contribution in [0, 0.1) is 5.82 Å². The molecular weight excluding hydrogens is 347 g/mol. The Morgan fingerprint density at radius 3 is 2.63 bits per heavy atom. The minimum atomic E-state index is -0.491. The third kappa shape index (κ3) is 3.47. The number of hydrogen-bond acceptors (Lipinski definition) is 4. The first-order valence-electron chi connectivity index (χ1n) is 9.41. The third-order valence-electron chi connectivity index (χ3n) is 5.68. The summed E-state index contributed by atoms with van der Waals surface area (Å²) >= 11 is 0. The largest absolute Gasteiger partial charge is 0.390 e. The van der Waals surface area contributed by atoms with Crippen LogP contribution in [0.1, 0.15) is 36.0 Å². The van der Waals surface area contributed by atoms with E-state index >= 15 is 0 Å². The quantitative estimate of drug-likeness (QED) is 0.883. The van der Waals surface area contributed by atoms with Crippen LogP contribution < -0.4 is 0 Å². The molecule has 0 bridgehead atoms. The van der Waals surface area contributed by atoms with Crippen molar-refractivity contribution >= 4 is 5.91 Å². The molecule has 6 heteroatoms. The Labute approximate surface area is 157 Å². The number of carbonyl (C=O) groups excluding carboxylic acids is 1. The lowest BCUT2D eigenvalue weighted by molar-refractivity contribution is -0.174. The molecule has 1 amide bonds. The van der Waals surface area contributed by atoms with Gasteiger partial charge in [-0.05, 0) is 49.9 Å². The lowest BCUT2D eigenvalue weighted by Gasteiger charge is -2.46. The van der Waals surface area contributed by atoms with E-state index < -0.39 is 11.7 Å². The summed E-state index contributed by atoms with van der Waals surface area (Å²) < 4.78 is 19.8. The molecular formula is C21H23FN2O3. The molecule has 1 atom stereocenters. The van der Waals surface area contributed by atoms with Gasteiger partial charge in [0.1, 0.15) is 11.5 Å². The van der Waals surface area contributed by atoms with Crippen molar-refractivity contribution in [2.45, 2.75) is 37.4 Å². The SMILES string of the molecule is O=C(c1ccc(-c2ncccc2F)cc1)N1CCC2(CC1)OCCC[C@@H]2O. The number of benzene rings is 1. The van der Waals surface area contributed by atoms with Gasteiger partial charge in [-0.2, -0.15) is 0 Å². The number of ether oxygens (including phenoxy) is 1. The van der Waals surface area contributed by atoms with Crippen molar-refractivity contribution in [1.29, 1.82) is 0 Å². The normalized spacial score (nSPS) is 22.0. The second-order valence-corrected chi connectivity index (χ2v) is 7.27. The van der Waals surface area contributed by atoms with Gasteiger partial charge in [-0.15, -0.1) is 0 Å². The van der Waals surface area contributed by atoms with E-state index in [-0.39, 0.29) is 17.4 Å². The average Bonchev–Trinajstić information content (AvgIpc) is 2.71. The second-order valence-electron chi connectivity index (χ2n) is 7.27. The number of likely N-dealkylation sites (tertiary alicyclic amines) is 1. The van der Waals surface area contributed by atoms with Gasteiger partial charge >= 0.3 is 0 Å². The maximum Gasteiger partial charge on any atom is 0.253 e. The zero-order valence-corrected chi connectivity index (χ0v) is 15.1. The molecule has 2 aliphatic heterocycles. The molecule has 2 aliphatic rings. The van der Waals surface area contributed by atoms with E-state index in [9.17, 15) is 14.3 Å². The van der Waals surface area contributed by atoms with Gasteiger partial charge in [0.05, 0.1) is 11.7 Å². The Bertz CT molecular complexity index is 816. The van der Waals surface area contributed by atoms with E-state index in [2.05, 4.69) is 4.98 Å². The smallest absolute Gasteiger partial charge is 0.253 e. The monoisotopic (exact) mass is 370 g/mol. The molecule has 2 saturated heterocycles. The number of rotatable bonds is 2. The number of pyridine rings is 1. The molecule has 2 aromatic rings. The van der Waals surface area contributed by atoms with Crippen LogP contribution >= 0.6 is 0 Å². The van der Waals surface area contributed by atoms with Crippen LogP contribution in [0.2, 0.25) is 0 Å². The van der Waals surface area contributed by atoms with Crippen molar-refractivity contribution in [1.82, 2.24) is 9.88 Å². The Hall–Kier alpha value is -2.31. The highest BCUT2D eigenvalue weighted by molar-refractivity contribution is 5.94. The van der Waals surface area contributed by atoms with Gasteiger partial charge in [-0.1, -0.05) is 12.1 Å². The topological polar surface area (TPSA) is 62.7 Å². The number of aliphatic hydroxyl groups is 1. The number of halogens is 1. The van der Waals surface area contributed by atoms with E-state index in [1.165, 1.54) is 6.07 Å². The fourth-order valence-corrected chi connectivity index (χ4v) is 4.03. The van der Waals surface area contributed by atoms with Crippen molar-refractivity contribution < 1.29 is 19.0 Å². The molecule has 4 rings (SSSR count). The number of carbonyl (C=O) groups is 1. The van der Waals surface area contributed by atoms with Crippen LogP contribution in [-0.4, -0.2) is 52.3 Å². The number of aromatic nitrogens is 1. The molecule has 1 spiro atoms. The summed E-state index contributed by atoms with van der Waals surface area (Å²) in [5.74, 6) is -0.438. The number of aliphatic hydroxyl groups excluding tert-OH is 1. The van der Waals surface area contributed by atoms with Crippen molar-refractivity contribution in [2.24, 2.45) is 0 Å². The van der Waals surface area contributed by atoms with Crippen molar-refractivity contribution in [2.75, 3.05) is 19.7 Å². The van der Waals surface area contributed by atoms with Crippen LogP contribution in [0.5, 0.6) is 0 Å². The summed E-state index contributed by atoms with van der Waals surface area (Å²) in [6.45, 7) is 1.80. The third-order valence-corrected chi connectivity index (χ3v) is 5.68. The van der Waals surface area contributed by atoms with Gasteiger partial charge in [0.15, 0.2) is 0 Å². The standard InChI is InChI=1S/C21H23FN2O3/c22-17-3-1-11-23-19(17)15-5-7-16(8-6-15)20(26)24-12-9-21(10-13-24)18(25)4-2-14-27-21/h1,3,5-8,11,18,25H,2,4,9-10,12-14H2/t18-/m0/s1. The lowest BCUT2D eigenvalue weighted by atomic mass is 9.82. The van der Waals surface area contributed by atoms with Crippen molar-refractivity contribution in [3.8, 4) is 11.3 Å². The first kappa shape index (κ1) is 18.1. The van der Waals surface area contributed by atoms with E-state index in [1.54, 1.807) is 41.4 Å². The van der Waals surface area contributed by atoms with Gasteiger partial charge in [-0.3, -0.25) is 9.78 Å². The van der Waals surface area contributed by atoms with Gasteiger partial charge < -0.3 is 14.7 Å². The molecule has 2 fully saturated rings. The van der Waals surface area contributed by atoms with Gasteiger partial charge in [0.2, 0.25) is 0 Å². The van der Waals surface area contributed by atoms with Crippen molar-refractivity contribution in [3.63, 3.8) is 0 Å². The highest BCUT2D eigenvalue weighted by atomic mass is 19.1. The number of piperidine rings is 1. The predicted octanol–water partition coefficient (Wildman–Crippen LogP) is 3.03. The van der Waals surface area contributed by atoms with Crippen LogP contribution in [0.15, 0.2) is 42.6 Å². The van der Waals surface area contributed by atoms with E-state index in [1.807, 2.05) is 0 Å². The highest BCUT2D eigenvalue weighted by Crippen LogP contribution is 2.35. The fourth-order valence-electron chi connectivity index (χ4n) is 4.03. The van der Waals surface area contributed by atoms with Crippen LogP contribution in [0.4, 0.5) is 4.39 Å². The number of nitrogens with zero attached hydrogens (tertiary/aromatic N) is 2. The molecule has 5 nitrogen and oxygen atoms in total. The van der Waals surface area contributed by atoms with Crippen LogP contribution in [0.3, 0.4) is 0 Å². The highest BCUT2D eigenvalue weighted by Gasteiger charge is 2.44. The van der Waals surface area contributed by atoms with Crippen LogP contribution in [-0.2, 0) is 4.74 Å². The Balaban J connectivity index is 1.44. The maximum atomic E-state index is 13.9. The zero-order valence-electron chi connectivity index (χ0n) is 15.1. The molecule has 1 N–H and O–H groups in total. The molecule has 142 valence electrons. The van der Waals surface area contributed by atoms with E-state index in [0.717, 1.165) is 12.8 Å². The number of amides is 1. The van der Waals surface area contributed by atoms with Crippen molar-refractivity contribution in [3.05, 3.63) is 54.0 Å². The Morgan fingerprint density at radius 1 is 1.22 bits per heavy atom. The molecule has 0 saturated carbocycles. The molecule has 3 heterocycles. The molecule has 0 aliphatic carbocycles. The zero-order chi connectivity index (χ0) is 18.9. The Morgan fingerprint density at radius 2 is 1.96 bits per heavy atom. The molecule has 1 aromatic carbocycles. The second kappa shape index (κ2) is 7.37. The first-order valence-corrected chi connectivity index (χ1v) is 9.41. The van der Waals surface area contributed by atoms with Crippen LogP contribution in [0.25, 0.3) is 11.3 Å². The Kier molecular flexibility index (Phi) is 4.93. The molecule has 27 heavy (non-hydrogen) atoms. The summed E-state index contributed by atoms with van der Waals surface area (Å²) in [6.07, 6.45) is 4.04. The van der Waals surface area contributed by atoms with Gasteiger partial charge in [0.25, 0.3) is 5.91 Å². The summed E-state index contributed by atoms with van der Waals surface area (Å²) in [4.78, 5) is 18.7. The summed E-state index contributed by atoms with van der Waals surface area (Å²) in [5, 5.41) is 10.3.